The summed E-state index contributed by atoms with van der Waals surface area (Å²) in [4.78, 5) is 3.42. The van der Waals surface area contributed by atoms with E-state index < -0.39 is 0 Å². The van der Waals surface area contributed by atoms with Crippen molar-refractivity contribution in [2.45, 2.75) is 20.8 Å². The maximum atomic E-state index is 3.42. The number of allylic oxidation sites excluding steroid dienone is 3. The third-order valence-electron chi connectivity index (χ3n) is 0.328. The quantitative estimate of drug-likeness (QED) is 0.326. The first kappa shape index (κ1) is 16.5. The lowest BCUT2D eigenvalue weighted by atomic mass is 10.6. The molecule has 0 aliphatic rings. The van der Waals surface area contributed by atoms with Crippen molar-refractivity contribution in [3.63, 3.8) is 0 Å². The van der Waals surface area contributed by atoms with E-state index in [1.54, 1.807) is 24.4 Å². The molecule has 0 radical (unpaired) electrons. The Bertz CT molecular complexity index is 91.4. The van der Waals surface area contributed by atoms with Gasteiger partial charge in [0.05, 0.1) is 0 Å². The first-order valence-electron chi connectivity index (χ1n) is 3.63. The predicted molar refractivity (Wildman–Crippen MR) is 56.1 cm³/mol. The van der Waals surface area contributed by atoms with Crippen molar-refractivity contribution < 1.29 is 0 Å². The first-order chi connectivity index (χ1) is 5.33. The average Bonchev–Trinajstić information content (AvgIpc) is 2.06. The SMILES string of the molecule is C=C/C=C\N=C.C=CC.CC. The zero-order valence-corrected chi connectivity index (χ0v) is 7.88. The Kier molecular flexibility index (Phi) is 54.7. The van der Waals surface area contributed by atoms with E-state index in [4.69, 9.17) is 0 Å². The molecule has 0 bridgehead atoms. The Morgan fingerprint density at radius 3 is 1.64 bits per heavy atom. The maximum absolute atomic E-state index is 3.42. The third-order valence-corrected chi connectivity index (χ3v) is 0.328. The first-order valence-corrected chi connectivity index (χ1v) is 3.63. The van der Waals surface area contributed by atoms with Gasteiger partial charge in [0.15, 0.2) is 0 Å². The van der Waals surface area contributed by atoms with Gasteiger partial charge in [-0.3, -0.25) is 4.99 Å². The minimum atomic E-state index is 1.58. The van der Waals surface area contributed by atoms with Gasteiger partial charge < -0.3 is 0 Å². The van der Waals surface area contributed by atoms with Gasteiger partial charge in [-0.25, -0.2) is 0 Å². The summed E-state index contributed by atoms with van der Waals surface area (Å²) in [6.45, 7) is 15.9. The highest BCUT2D eigenvalue weighted by Gasteiger charge is 1.47. The van der Waals surface area contributed by atoms with E-state index >= 15 is 0 Å². The molecule has 0 spiro atoms. The summed E-state index contributed by atoms with van der Waals surface area (Å²) < 4.78 is 0. The molecule has 0 saturated heterocycles. The van der Waals surface area contributed by atoms with Crippen LogP contribution in [0.2, 0.25) is 0 Å². The molecule has 0 aliphatic carbocycles. The zero-order valence-electron chi connectivity index (χ0n) is 7.88. The van der Waals surface area contributed by atoms with Crippen molar-refractivity contribution >= 4 is 6.72 Å². The molecule has 1 heteroatoms. The Hall–Kier alpha value is -1.11. The van der Waals surface area contributed by atoms with Gasteiger partial charge in [0.1, 0.15) is 0 Å². The van der Waals surface area contributed by atoms with Crippen LogP contribution in [0.3, 0.4) is 0 Å². The van der Waals surface area contributed by atoms with Crippen LogP contribution in [0.15, 0.2) is 42.6 Å². The smallest absolute Gasteiger partial charge is 0.0260 e. The molecule has 0 aromatic rings. The fraction of sp³-hybridized carbons (Fsp3) is 0.300. The summed E-state index contributed by atoms with van der Waals surface area (Å²) in [7, 11) is 0. The second kappa shape index (κ2) is 36.6. The lowest BCUT2D eigenvalue weighted by Crippen LogP contribution is -1.40. The molecule has 0 aliphatic heterocycles. The highest BCUT2D eigenvalue weighted by molar-refractivity contribution is 5.25. The van der Waals surface area contributed by atoms with Crippen molar-refractivity contribution in [1.29, 1.82) is 0 Å². The molecule has 11 heavy (non-hydrogen) atoms. The topological polar surface area (TPSA) is 12.4 Å². The van der Waals surface area contributed by atoms with Crippen LogP contribution in [-0.4, -0.2) is 6.72 Å². The van der Waals surface area contributed by atoms with Gasteiger partial charge in [-0.15, -0.1) is 6.58 Å². The lowest BCUT2D eigenvalue weighted by Gasteiger charge is -1.61. The Morgan fingerprint density at radius 1 is 1.18 bits per heavy atom. The summed E-state index contributed by atoms with van der Waals surface area (Å²) in [5.41, 5.74) is 0. The monoisotopic (exact) mass is 153 g/mol. The van der Waals surface area contributed by atoms with Gasteiger partial charge in [0, 0.05) is 6.20 Å². The van der Waals surface area contributed by atoms with E-state index in [9.17, 15) is 0 Å². The summed E-state index contributed by atoms with van der Waals surface area (Å²) in [5, 5.41) is 0. The Morgan fingerprint density at radius 2 is 1.55 bits per heavy atom. The van der Waals surface area contributed by atoms with E-state index in [1.165, 1.54) is 0 Å². The Balaban J connectivity index is -0.000000109. The van der Waals surface area contributed by atoms with Crippen molar-refractivity contribution in [2.75, 3.05) is 0 Å². The van der Waals surface area contributed by atoms with E-state index in [1.807, 2.05) is 20.8 Å². The standard InChI is InChI=1S/C5H7N.C3H6.C2H6/c1-3-4-5-6-2;1-3-2;1-2/h3-5H,1-2H2;3H,1H2,2H3;1-2H3/b5-4-;;. The number of hydrogen-bond donors (Lipinski definition) is 0. The molecule has 0 fully saturated rings. The molecule has 0 atom stereocenters. The number of aliphatic imine (C=N–C) groups is 1. The van der Waals surface area contributed by atoms with Crippen LogP contribution in [0.5, 0.6) is 0 Å². The fourth-order valence-electron chi connectivity index (χ4n) is 0.122. The van der Waals surface area contributed by atoms with Gasteiger partial charge in [-0.05, 0) is 19.7 Å². The predicted octanol–water partition coefficient (Wildman–Crippen LogP) is 3.61. The van der Waals surface area contributed by atoms with Crippen LogP contribution in [0.1, 0.15) is 20.8 Å². The summed E-state index contributed by atoms with van der Waals surface area (Å²) in [5.74, 6) is 0. The summed E-state index contributed by atoms with van der Waals surface area (Å²) >= 11 is 0. The van der Waals surface area contributed by atoms with Crippen LogP contribution in [0.4, 0.5) is 0 Å². The second-order valence-corrected chi connectivity index (χ2v) is 1.17. The molecule has 0 N–H and O–H groups in total. The van der Waals surface area contributed by atoms with Crippen LogP contribution in [0, 0.1) is 0 Å². The molecule has 1 nitrogen and oxygen atoms in total. The second-order valence-electron chi connectivity index (χ2n) is 1.17. The zero-order chi connectivity index (χ0) is 9.54. The third kappa shape index (κ3) is 118. The Labute approximate surface area is 70.9 Å². The molecule has 0 amide bonds. The van der Waals surface area contributed by atoms with Crippen LogP contribution in [0.25, 0.3) is 0 Å². The normalized spacial score (nSPS) is 6.45. The van der Waals surface area contributed by atoms with Crippen molar-refractivity contribution in [3.05, 3.63) is 37.6 Å². The maximum Gasteiger partial charge on any atom is 0.0260 e. The highest BCUT2D eigenvalue weighted by atomic mass is 14.6. The molecule has 0 heterocycles. The number of rotatable bonds is 2. The number of hydrogen-bond acceptors (Lipinski definition) is 1. The minimum absolute atomic E-state index is 1.58. The molecular formula is C10H19N. The van der Waals surface area contributed by atoms with Gasteiger partial charge in [-0.1, -0.05) is 32.6 Å². The van der Waals surface area contributed by atoms with Crippen LogP contribution < -0.4 is 0 Å². The van der Waals surface area contributed by atoms with Gasteiger partial charge in [0.2, 0.25) is 0 Å². The molecular weight excluding hydrogens is 134 g/mol. The molecule has 64 valence electrons. The van der Waals surface area contributed by atoms with Gasteiger partial charge >= 0.3 is 0 Å². The van der Waals surface area contributed by atoms with Crippen LogP contribution in [-0.2, 0) is 0 Å². The van der Waals surface area contributed by atoms with E-state index in [0.29, 0.717) is 0 Å². The molecule has 0 saturated carbocycles. The lowest BCUT2D eigenvalue weighted by molar-refractivity contribution is 1.50. The van der Waals surface area contributed by atoms with E-state index in [-0.39, 0.29) is 0 Å². The van der Waals surface area contributed by atoms with Crippen molar-refractivity contribution in [1.82, 2.24) is 0 Å². The molecule has 0 rings (SSSR count). The van der Waals surface area contributed by atoms with E-state index in [0.717, 1.165) is 0 Å². The van der Waals surface area contributed by atoms with E-state index in [2.05, 4.69) is 24.9 Å². The van der Waals surface area contributed by atoms with Gasteiger partial charge in [-0.2, -0.15) is 0 Å². The molecule has 0 aromatic heterocycles. The largest absolute Gasteiger partial charge is 0.273 e. The molecule has 0 aromatic carbocycles. The average molecular weight is 153 g/mol. The summed E-state index contributed by atoms with van der Waals surface area (Å²) in [6, 6.07) is 0. The highest BCUT2D eigenvalue weighted by Crippen LogP contribution is 1.68. The van der Waals surface area contributed by atoms with Crippen molar-refractivity contribution in [2.24, 2.45) is 4.99 Å². The van der Waals surface area contributed by atoms with Gasteiger partial charge in [0.25, 0.3) is 0 Å². The van der Waals surface area contributed by atoms with Crippen LogP contribution >= 0.6 is 0 Å². The summed E-state index contributed by atoms with van der Waals surface area (Å²) in [6.07, 6.45) is 6.69. The minimum Gasteiger partial charge on any atom is -0.273 e. The fourth-order valence-corrected chi connectivity index (χ4v) is 0.122. The molecule has 0 unspecified atom stereocenters. The van der Waals surface area contributed by atoms with Crippen molar-refractivity contribution in [3.8, 4) is 0 Å². The number of nitrogens with zero attached hydrogens (tertiary/aromatic N) is 1.